The summed E-state index contributed by atoms with van der Waals surface area (Å²) in [5, 5.41) is 4.82. The SMILES string of the molecule is O=C(NC1CCCC1)C(Cc1ccccc1)N(Cc1c(Cl)cccc1Cl)C(=O)CSCc1ccccc1Cl. The Balaban J connectivity index is 1.61. The Hall–Kier alpha value is -2.18. The topological polar surface area (TPSA) is 49.4 Å². The summed E-state index contributed by atoms with van der Waals surface area (Å²) in [6, 6.07) is 22.1. The smallest absolute Gasteiger partial charge is 0.243 e. The first-order chi connectivity index (χ1) is 18.4. The van der Waals surface area contributed by atoms with Crippen LogP contribution < -0.4 is 5.32 Å². The predicted octanol–water partition coefficient (Wildman–Crippen LogP) is 7.58. The van der Waals surface area contributed by atoms with Crippen LogP contribution in [0.3, 0.4) is 0 Å². The summed E-state index contributed by atoms with van der Waals surface area (Å²) in [6.07, 6.45) is 4.52. The molecule has 0 aliphatic heterocycles. The molecular weight excluding hydrogens is 559 g/mol. The van der Waals surface area contributed by atoms with Gasteiger partial charge in [0.05, 0.1) is 5.75 Å². The number of amides is 2. The lowest BCUT2D eigenvalue weighted by Crippen LogP contribution is -2.52. The summed E-state index contributed by atoms with van der Waals surface area (Å²) in [4.78, 5) is 29.2. The number of carbonyl (C=O) groups is 2. The molecule has 8 heteroatoms. The summed E-state index contributed by atoms with van der Waals surface area (Å²) in [7, 11) is 0. The Morgan fingerprint density at radius 1 is 0.868 bits per heavy atom. The van der Waals surface area contributed by atoms with Crippen LogP contribution in [0.2, 0.25) is 15.1 Å². The number of hydrogen-bond donors (Lipinski definition) is 1. The molecule has 4 nitrogen and oxygen atoms in total. The molecule has 0 radical (unpaired) electrons. The molecule has 3 aromatic rings. The Labute approximate surface area is 244 Å². The zero-order chi connectivity index (χ0) is 26.9. The fourth-order valence-corrected chi connectivity index (χ4v) is 6.43. The number of halogens is 3. The van der Waals surface area contributed by atoms with E-state index in [0.717, 1.165) is 36.8 Å². The van der Waals surface area contributed by atoms with Crippen molar-refractivity contribution in [1.29, 1.82) is 0 Å². The normalized spacial score (nSPS) is 14.3. The summed E-state index contributed by atoms with van der Waals surface area (Å²) >= 11 is 20.8. The van der Waals surface area contributed by atoms with Crippen molar-refractivity contribution in [3.8, 4) is 0 Å². The van der Waals surface area contributed by atoms with Crippen LogP contribution in [0.5, 0.6) is 0 Å². The van der Waals surface area contributed by atoms with Gasteiger partial charge in [0.15, 0.2) is 0 Å². The zero-order valence-corrected chi connectivity index (χ0v) is 24.1. The highest BCUT2D eigenvalue weighted by atomic mass is 35.5. The van der Waals surface area contributed by atoms with E-state index in [4.69, 9.17) is 34.8 Å². The third-order valence-electron chi connectivity index (χ3n) is 6.80. The first kappa shape index (κ1) is 28.8. The van der Waals surface area contributed by atoms with Gasteiger partial charge < -0.3 is 10.2 Å². The van der Waals surface area contributed by atoms with Crippen molar-refractivity contribution in [2.45, 2.75) is 56.5 Å². The Kier molecular flexibility index (Phi) is 10.8. The maximum atomic E-state index is 13.8. The van der Waals surface area contributed by atoms with Gasteiger partial charge in [-0.05, 0) is 42.2 Å². The number of benzene rings is 3. The van der Waals surface area contributed by atoms with Gasteiger partial charge in [0.25, 0.3) is 0 Å². The lowest BCUT2D eigenvalue weighted by atomic mass is 10.0. The number of carbonyl (C=O) groups excluding carboxylic acids is 2. The molecule has 1 unspecified atom stereocenters. The highest BCUT2D eigenvalue weighted by Crippen LogP contribution is 2.28. The van der Waals surface area contributed by atoms with Gasteiger partial charge in [-0.2, -0.15) is 0 Å². The average molecular weight is 590 g/mol. The van der Waals surface area contributed by atoms with Crippen molar-refractivity contribution in [3.63, 3.8) is 0 Å². The van der Waals surface area contributed by atoms with Crippen LogP contribution in [0.15, 0.2) is 72.8 Å². The molecule has 0 aromatic heterocycles. The molecular formula is C30H31Cl3N2O2S. The third-order valence-corrected chi connectivity index (χ3v) is 8.85. The van der Waals surface area contributed by atoms with Crippen LogP contribution in [0, 0.1) is 0 Å². The number of nitrogens with one attached hydrogen (secondary N) is 1. The lowest BCUT2D eigenvalue weighted by Gasteiger charge is -2.33. The van der Waals surface area contributed by atoms with Crippen molar-refractivity contribution in [2.75, 3.05) is 5.75 Å². The van der Waals surface area contributed by atoms with Crippen molar-refractivity contribution >= 4 is 58.4 Å². The molecule has 2 amide bonds. The van der Waals surface area contributed by atoms with Gasteiger partial charge in [0.1, 0.15) is 6.04 Å². The zero-order valence-electron chi connectivity index (χ0n) is 21.0. The minimum Gasteiger partial charge on any atom is -0.352 e. The minimum atomic E-state index is -0.709. The van der Waals surface area contributed by atoms with Gasteiger partial charge in [-0.15, -0.1) is 11.8 Å². The van der Waals surface area contributed by atoms with Crippen LogP contribution in [-0.2, 0) is 28.3 Å². The molecule has 200 valence electrons. The Morgan fingerprint density at radius 2 is 1.50 bits per heavy atom. The van der Waals surface area contributed by atoms with Crippen LogP contribution in [0.25, 0.3) is 0 Å². The number of rotatable bonds is 11. The molecule has 3 aromatic carbocycles. The molecule has 0 saturated heterocycles. The van der Waals surface area contributed by atoms with Gasteiger partial charge in [0, 0.05) is 45.4 Å². The molecule has 38 heavy (non-hydrogen) atoms. The molecule has 0 bridgehead atoms. The van der Waals surface area contributed by atoms with Gasteiger partial charge in [-0.25, -0.2) is 0 Å². The maximum Gasteiger partial charge on any atom is 0.243 e. The van der Waals surface area contributed by atoms with Crippen LogP contribution in [0.4, 0.5) is 0 Å². The van der Waals surface area contributed by atoms with E-state index in [-0.39, 0.29) is 30.2 Å². The number of thioether (sulfide) groups is 1. The van der Waals surface area contributed by atoms with E-state index in [1.165, 1.54) is 11.8 Å². The standard InChI is InChI=1S/C30H31Cl3N2O2S/c31-25-14-7-4-11-22(25)19-38-20-29(36)35(18-24-26(32)15-8-16-27(24)33)28(17-21-9-2-1-3-10-21)30(37)34-23-12-5-6-13-23/h1-4,7-11,14-16,23,28H,5-6,12-13,17-20H2,(H,34,37). The fraction of sp³-hybridized carbons (Fsp3) is 0.333. The quantitative estimate of drug-likeness (QED) is 0.251. The van der Waals surface area contributed by atoms with Gasteiger partial charge in [-0.3, -0.25) is 9.59 Å². The lowest BCUT2D eigenvalue weighted by molar-refractivity contribution is -0.139. The predicted molar refractivity (Wildman–Crippen MR) is 159 cm³/mol. The molecule has 0 heterocycles. The maximum absolute atomic E-state index is 13.8. The molecule has 1 N–H and O–H groups in total. The average Bonchev–Trinajstić information content (AvgIpc) is 3.42. The second kappa shape index (κ2) is 14.3. The summed E-state index contributed by atoms with van der Waals surface area (Å²) in [5.41, 5.74) is 2.57. The molecule has 1 aliphatic carbocycles. The first-order valence-corrected chi connectivity index (χ1v) is 15.1. The van der Waals surface area contributed by atoms with Crippen molar-refractivity contribution < 1.29 is 9.59 Å². The second-order valence-electron chi connectivity index (χ2n) is 9.50. The van der Waals surface area contributed by atoms with E-state index >= 15 is 0 Å². The summed E-state index contributed by atoms with van der Waals surface area (Å²) < 4.78 is 0. The highest BCUT2D eigenvalue weighted by Gasteiger charge is 2.32. The van der Waals surface area contributed by atoms with E-state index in [1.807, 2.05) is 54.6 Å². The Bertz CT molecular complexity index is 1210. The van der Waals surface area contributed by atoms with E-state index in [2.05, 4.69) is 5.32 Å². The van der Waals surface area contributed by atoms with Gasteiger partial charge >= 0.3 is 0 Å². The van der Waals surface area contributed by atoms with Crippen molar-refractivity contribution in [1.82, 2.24) is 10.2 Å². The van der Waals surface area contributed by atoms with Crippen molar-refractivity contribution in [2.24, 2.45) is 0 Å². The number of nitrogens with zero attached hydrogens (tertiary/aromatic N) is 1. The molecule has 1 saturated carbocycles. The van der Waals surface area contributed by atoms with Crippen LogP contribution >= 0.6 is 46.6 Å². The van der Waals surface area contributed by atoms with Gasteiger partial charge in [-0.1, -0.05) is 102 Å². The molecule has 4 rings (SSSR count). The fourth-order valence-electron chi connectivity index (χ4n) is 4.72. The largest absolute Gasteiger partial charge is 0.352 e. The minimum absolute atomic E-state index is 0.135. The van der Waals surface area contributed by atoms with E-state index in [0.29, 0.717) is 32.8 Å². The van der Waals surface area contributed by atoms with E-state index < -0.39 is 6.04 Å². The van der Waals surface area contributed by atoms with Gasteiger partial charge in [0.2, 0.25) is 11.8 Å². The van der Waals surface area contributed by atoms with Crippen LogP contribution in [-0.4, -0.2) is 34.6 Å². The molecule has 0 spiro atoms. The molecule has 1 atom stereocenters. The number of hydrogen-bond acceptors (Lipinski definition) is 3. The van der Waals surface area contributed by atoms with E-state index in [1.54, 1.807) is 23.1 Å². The molecule has 1 fully saturated rings. The first-order valence-electron chi connectivity index (χ1n) is 12.8. The highest BCUT2D eigenvalue weighted by molar-refractivity contribution is 7.99. The Morgan fingerprint density at radius 3 is 2.18 bits per heavy atom. The molecule has 1 aliphatic rings. The van der Waals surface area contributed by atoms with Crippen LogP contribution in [0.1, 0.15) is 42.4 Å². The van der Waals surface area contributed by atoms with Crippen molar-refractivity contribution in [3.05, 3.63) is 105 Å². The van der Waals surface area contributed by atoms with E-state index in [9.17, 15) is 9.59 Å². The summed E-state index contributed by atoms with van der Waals surface area (Å²) in [5.74, 6) is 0.480. The summed E-state index contributed by atoms with van der Waals surface area (Å²) in [6.45, 7) is 0.138. The monoisotopic (exact) mass is 588 g/mol. The second-order valence-corrected chi connectivity index (χ2v) is 11.7. The third kappa shape index (κ3) is 7.92.